The highest BCUT2D eigenvalue weighted by Gasteiger charge is 2.26. The molecule has 0 amide bonds. The van der Waals surface area contributed by atoms with Crippen LogP contribution < -0.4 is 0 Å². The van der Waals surface area contributed by atoms with Crippen LogP contribution in [-0.4, -0.2) is 40.3 Å². The van der Waals surface area contributed by atoms with E-state index in [0.29, 0.717) is 11.1 Å². The summed E-state index contributed by atoms with van der Waals surface area (Å²) in [6, 6.07) is 4.64. The van der Waals surface area contributed by atoms with Crippen LogP contribution in [0.2, 0.25) is 0 Å². The Labute approximate surface area is 149 Å². The highest BCUT2D eigenvalue weighted by atomic mass is 16.6. The summed E-state index contributed by atoms with van der Waals surface area (Å²) in [6.45, 7) is 5.23. The van der Waals surface area contributed by atoms with E-state index < -0.39 is 16.9 Å². The molecule has 0 radical (unpaired) electrons. The Morgan fingerprint density at radius 3 is 2.46 bits per heavy atom. The molecule has 1 aromatic heterocycles. The number of carbonyl (C=O) groups excluding carboxylic acids is 2. The summed E-state index contributed by atoms with van der Waals surface area (Å²) in [6.07, 6.45) is 0.0896. The number of esters is 2. The third-order valence-electron chi connectivity index (χ3n) is 3.80. The number of H-pyrrole nitrogens is 1. The van der Waals surface area contributed by atoms with Gasteiger partial charge in [-0.15, -0.1) is 0 Å². The van der Waals surface area contributed by atoms with Crippen LogP contribution >= 0.6 is 0 Å². The zero-order chi connectivity index (χ0) is 19.3. The lowest BCUT2D eigenvalue weighted by atomic mass is 9.97. The van der Waals surface area contributed by atoms with E-state index in [0.717, 1.165) is 0 Å². The van der Waals surface area contributed by atoms with Crippen LogP contribution in [0, 0.1) is 17.0 Å². The number of nitrogens with one attached hydrogen (secondary N) is 1. The van der Waals surface area contributed by atoms with Crippen LogP contribution in [0.15, 0.2) is 18.2 Å². The first-order valence-corrected chi connectivity index (χ1v) is 8.05. The lowest BCUT2D eigenvalue weighted by Crippen LogP contribution is -2.12. The largest absolute Gasteiger partial charge is 0.461 e. The molecule has 0 spiro atoms. The fourth-order valence-electron chi connectivity index (χ4n) is 2.53. The summed E-state index contributed by atoms with van der Waals surface area (Å²) in [5.74, 6) is -1.34. The third kappa shape index (κ3) is 3.88. The molecule has 2 aromatic rings. The molecule has 0 aliphatic heterocycles. The topological polar surface area (TPSA) is 124 Å². The van der Waals surface area contributed by atoms with Gasteiger partial charge in [0.1, 0.15) is 5.69 Å². The van der Waals surface area contributed by atoms with Gasteiger partial charge in [0.05, 0.1) is 18.1 Å². The molecule has 0 atom stereocenters. The van der Waals surface area contributed by atoms with Crippen molar-refractivity contribution in [3.8, 4) is 0 Å². The number of ether oxygens (including phenoxy) is 2. The smallest absolute Gasteiger partial charge is 0.359 e. The molecule has 1 N–H and O–H groups in total. The van der Waals surface area contributed by atoms with Gasteiger partial charge in [-0.3, -0.25) is 15.2 Å². The second-order valence-electron chi connectivity index (χ2n) is 5.36. The van der Waals surface area contributed by atoms with Gasteiger partial charge in [-0.2, -0.15) is 5.10 Å². The normalized spacial score (nSPS) is 10.4. The Balaban J connectivity index is 2.51. The monoisotopic (exact) mass is 361 g/mol. The van der Waals surface area contributed by atoms with Crippen LogP contribution in [-0.2, 0) is 15.9 Å². The van der Waals surface area contributed by atoms with Gasteiger partial charge in [0.25, 0.3) is 5.69 Å². The van der Waals surface area contributed by atoms with Crippen LogP contribution in [0.3, 0.4) is 0 Å². The molecule has 0 bridgehead atoms. The van der Waals surface area contributed by atoms with Gasteiger partial charge in [0, 0.05) is 23.6 Å². The van der Waals surface area contributed by atoms with Crippen molar-refractivity contribution >= 4 is 17.6 Å². The molecule has 0 saturated carbocycles. The summed E-state index contributed by atoms with van der Waals surface area (Å²) in [4.78, 5) is 35.0. The summed E-state index contributed by atoms with van der Waals surface area (Å²) < 4.78 is 9.95. The second-order valence-corrected chi connectivity index (χ2v) is 5.36. The lowest BCUT2D eigenvalue weighted by Gasteiger charge is -2.09. The number of benzene rings is 1. The van der Waals surface area contributed by atoms with E-state index in [1.54, 1.807) is 32.9 Å². The summed E-state index contributed by atoms with van der Waals surface area (Å²) >= 11 is 0. The molecular weight excluding hydrogens is 342 g/mol. The van der Waals surface area contributed by atoms with Gasteiger partial charge in [-0.25, -0.2) is 9.59 Å². The maximum absolute atomic E-state index is 12.2. The fraction of sp³-hybridized carbons (Fsp3) is 0.353. The number of carbonyl (C=O) groups is 2. The molecular formula is C17H19N3O6. The van der Waals surface area contributed by atoms with Gasteiger partial charge < -0.3 is 9.47 Å². The molecule has 0 aliphatic carbocycles. The molecule has 0 fully saturated rings. The molecule has 0 aliphatic rings. The first-order valence-electron chi connectivity index (χ1n) is 8.05. The van der Waals surface area contributed by atoms with Gasteiger partial charge in [-0.1, -0.05) is 12.1 Å². The molecule has 9 nitrogen and oxygen atoms in total. The fourth-order valence-corrected chi connectivity index (χ4v) is 2.53. The number of aromatic nitrogens is 2. The quantitative estimate of drug-likeness (QED) is 0.456. The Kier molecular flexibility index (Phi) is 6.05. The average molecular weight is 361 g/mol. The number of hydrogen-bond acceptors (Lipinski definition) is 7. The summed E-state index contributed by atoms with van der Waals surface area (Å²) in [5.41, 5.74) is 1.27. The number of nitro benzene ring substituents is 1. The molecule has 0 saturated heterocycles. The van der Waals surface area contributed by atoms with E-state index in [1.165, 1.54) is 6.07 Å². The van der Waals surface area contributed by atoms with Crippen molar-refractivity contribution in [3.05, 3.63) is 56.4 Å². The molecule has 138 valence electrons. The number of nitro groups is 1. The first kappa shape index (κ1) is 19.1. The number of rotatable bonds is 7. The van der Waals surface area contributed by atoms with Gasteiger partial charge in [0.15, 0.2) is 5.69 Å². The number of hydrogen-bond donors (Lipinski definition) is 1. The summed E-state index contributed by atoms with van der Waals surface area (Å²) in [7, 11) is 0. The molecule has 1 aromatic carbocycles. The van der Waals surface area contributed by atoms with Crippen molar-refractivity contribution in [2.75, 3.05) is 13.2 Å². The van der Waals surface area contributed by atoms with Crippen LogP contribution in [0.5, 0.6) is 0 Å². The predicted molar refractivity (Wildman–Crippen MR) is 91.1 cm³/mol. The average Bonchev–Trinajstić information content (AvgIpc) is 3.00. The van der Waals surface area contributed by atoms with Crippen molar-refractivity contribution in [2.24, 2.45) is 0 Å². The van der Waals surface area contributed by atoms with Crippen molar-refractivity contribution in [1.29, 1.82) is 0 Å². The Morgan fingerprint density at radius 1 is 1.19 bits per heavy atom. The minimum atomic E-state index is -0.683. The molecule has 2 rings (SSSR count). The predicted octanol–water partition coefficient (Wildman–Crippen LogP) is 2.57. The van der Waals surface area contributed by atoms with Gasteiger partial charge in [-0.05, 0) is 26.3 Å². The first-order chi connectivity index (χ1) is 12.4. The Hall–Kier alpha value is -3.23. The molecule has 26 heavy (non-hydrogen) atoms. The van der Waals surface area contributed by atoms with E-state index in [4.69, 9.17) is 9.47 Å². The van der Waals surface area contributed by atoms with Crippen LogP contribution in [0.4, 0.5) is 5.69 Å². The van der Waals surface area contributed by atoms with Crippen molar-refractivity contribution in [3.63, 3.8) is 0 Å². The van der Waals surface area contributed by atoms with E-state index in [-0.39, 0.29) is 42.3 Å². The van der Waals surface area contributed by atoms with Crippen molar-refractivity contribution in [1.82, 2.24) is 10.2 Å². The minimum Gasteiger partial charge on any atom is -0.461 e. The molecule has 1 heterocycles. The van der Waals surface area contributed by atoms with E-state index in [1.807, 2.05) is 0 Å². The highest BCUT2D eigenvalue weighted by Crippen LogP contribution is 2.26. The van der Waals surface area contributed by atoms with Crippen LogP contribution in [0.25, 0.3) is 0 Å². The van der Waals surface area contributed by atoms with Gasteiger partial charge in [0.2, 0.25) is 0 Å². The number of aromatic amines is 1. The zero-order valence-electron chi connectivity index (χ0n) is 14.7. The maximum Gasteiger partial charge on any atom is 0.359 e. The highest BCUT2D eigenvalue weighted by molar-refractivity contribution is 5.96. The van der Waals surface area contributed by atoms with E-state index in [9.17, 15) is 19.7 Å². The standard InChI is InChI=1S/C17H19N3O6/c1-4-25-16(21)14-12(15(19-18-14)17(22)26-5-2)9-11-7-6-8-13(10(11)3)20(23)24/h6-8H,4-5,9H2,1-3H3,(H,18,19). The van der Waals surface area contributed by atoms with Crippen molar-refractivity contribution in [2.45, 2.75) is 27.2 Å². The summed E-state index contributed by atoms with van der Waals surface area (Å²) in [5, 5.41) is 17.5. The van der Waals surface area contributed by atoms with Crippen LogP contribution in [0.1, 0.15) is 51.5 Å². The van der Waals surface area contributed by atoms with Gasteiger partial charge >= 0.3 is 11.9 Å². The Morgan fingerprint density at radius 2 is 1.85 bits per heavy atom. The third-order valence-corrected chi connectivity index (χ3v) is 3.80. The van der Waals surface area contributed by atoms with E-state index in [2.05, 4.69) is 10.2 Å². The second kappa shape index (κ2) is 8.24. The number of nitrogens with zero attached hydrogens (tertiary/aromatic N) is 2. The zero-order valence-corrected chi connectivity index (χ0v) is 14.7. The lowest BCUT2D eigenvalue weighted by molar-refractivity contribution is -0.385. The Bertz CT molecular complexity index is 808. The minimum absolute atomic E-state index is 0.0285. The van der Waals surface area contributed by atoms with E-state index >= 15 is 0 Å². The molecule has 9 heteroatoms. The van der Waals surface area contributed by atoms with Crippen molar-refractivity contribution < 1.29 is 24.0 Å². The maximum atomic E-state index is 12.2. The molecule has 0 unspecified atom stereocenters. The SMILES string of the molecule is CCOC(=O)c1n[nH]c(C(=O)OCC)c1Cc1cccc([N+](=O)[O-])c1C.